The van der Waals surface area contributed by atoms with Gasteiger partial charge in [0.1, 0.15) is 23.3 Å². The number of ether oxygens (including phenoxy) is 2. The Morgan fingerprint density at radius 3 is 2.70 bits per heavy atom. The van der Waals surface area contributed by atoms with E-state index in [2.05, 4.69) is 4.98 Å². The largest absolute Gasteiger partial charge is 0.497 e. The summed E-state index contributed by atoms with van der Waals surface area (Å²) in [6, 6.07) is 8.01. The van der Waals surface area contributed by atoms with Gasteiger partial charge in [-0.15, -0.1) is 0 Å². The van der Waals surface area contributed by atoms with Crippen molar-refractivity contribution in [2.75, 3.05) is 7.11 Å². The van der Waals surface area contributed by atoms with Gasteiger partial charge >= 0.3 is 5.97 Å². The van der Waals surface area contributed by atoms with Gasteiger partial charge in [0.2, 0.25) is 0 Å². The molecule has 0 N–H and O–H groups in total. The number of hydrogen-bond donors (Lipinski definition) is 0. The minimum Gasteiger partial charge on any atom is -0.497 e. The lowest BCUT2D eigenvalue weighted by Crippen LogP contribution is -2.07. The highest BCUT2D eigenvalue weighted by molar-refractivity contribution is 6.32. The summed E-state index contributed by atoms with van der Waals surface area (Å²) in [5.74, 6) is -0.666. The van der Waals surface area contributed by atoms with Gasteiger partial charge in [0.15, 0.2) is 0 Å². The molecule has 0 unspecified atom stereocenters. The van der Waals surface area contributed by atoms with E-state index in [0.717, 1.165) is 17.8 Å². The maximum atomic E-state index is 13.0. The summed E-state index contributed by atoms with van der Waals surface area (Å²) in [7, 11) is 1.56. The van der Waals surface area contributed by atoms with Crippen LogP contribution in [0, 0.1) is 5.82 Å². The first kappa shape index (κ1) is 14.3. The van der Waals surface area contributed by atoms with Gasteiger partial charge in [-0.25, -0.2) is 14.2 Å². The Kier molecular flexibility index (Phi) is 4.53. The van der Waals surface area contributed by atoms with Gasteiger partial charge < -0.3 is 9.47 Å². The number of carbonyl (C=O) groups is 1. The Bertz CT molecular complexity index is 616. The van der Waals surface area contributed by atoms with E-state index in [9.17, 15) is 9.18 Å². The Balaban J connectivity index is 2.02. The highest BCUT2D eigenvalue weighted by Gasteiger charge is 2.14. The molecule has 0 atom stereocenters. The molecule has 0 aliphatic carbocycles. The second-order valence-electron chi connectivity index (χ2n) is 3.92. The molecule has 0 amide bonds. The van der Waals surface area contributed by atoms with Crippen molar-refractivity contribution in [3.05, 3.63) is 58.6 Å². The average molecular weight is 296 g/mol. The lowest BCUT2D eigenvalue weighted by Gasteiger charge is -2.06. The molecule has 2 rings (SSSR count). The lowest BCUT2D eigenvalue weighted by molar-refractivity contribution is 0.0472. The lowest BCUT2D eigenvalue weighted by atomic mass is 10.2. The third kappa shape index (κ3) is 3.45. The number of halogens is 2. The van der Waals surface area contributed by atoms with Gasteiger partial charge in [-0.1, -0.05) is 23.7 Å². The van der Waals surface area contributed by atoms with Crippen LogP contribution in [-0.2, 0) is 11.3 Å². The number of aromatic nitrogens is 1. The fourth-order valence-electron chi connectivity index (χ4n) is 1.51. The first-order valence-corrected chi connectivity index (χ1v) is 6.09. The Morgan fingerprint density at radius 2 is 2.05 bits per heavy atom. The highest BCUT2D eigenvalue weighted by Crippen LogP contribution is 2.17. The van der Waals surface area contributed by atoms with Crippen LogP contribution in [0.1, 0.15) is 15.9 Å². The molecule has 0 spiro atoms. The predicted molar refractivity (Wildman–Crippen MR) is 71.3 cm³/mol. The second-order valence-corrected chi connectivity index (χ2v) is 4.27. The predicted octanol–water partition coefficient (Wildman–Crippen LogP) is 3.24. The number of methoxy groups -OCH3 is 1. The third-order valence-electron chi connectivity index (χ3n) is 2.55. The van der Waals surface area contributed by atoms with E-state index in [4.69, 9.17) is 21.1 Å². The molecule has 4 nitrogen and oxygen atoms in total. The quantitative estimate of drug-likeness (QED) is 0.642. The van der Waals surface area contributed by atoms with Crippen LogP contribution in [0.4, 0.5) is 4.39 Å². The van der Waals surface area contributed by atoms with Crippen molar-refractivity contribution in [1.82, 2.24) is 4.98 Å². The average Bonchev–Trinajstić information content (AvgIpc) is 2.47. The molecule has 0 fully saturated rings. The number of benzene rings is 1. The molecular weight excluding hydrogens is 285 g/mol. The van der Waals surface area contributed by atoms with Gasteiger partial charge in [-0.2, -0.15) is 0 Å². The molecule has 0 aliphatic rings. The number of nitrogens with zero attached hydrogens (tertiary/aromatic N) is 1. The molecule has 2 aromatic rings. The molecule has 1 aromatic carbocycles. The van der Waals surface area contributed by atoms with E-state index in [0.29, 0.717) is 5.75 Å². The molecule has 0 aliphatic heterocycles. The smallest absolute Gasteiger partial charge is 0.341 e. The molecule has 0 bridgehead atoms. The van der Waals surface area contributed by atoms with Crippen LogP contribution < -0.4 is 4.74 Å². The summed E-state index contributed by atoms with van der Waals surface area (Å²) in [6.45, 7) is 0.0513. The normalized spacial score (nSPS) is 10.2. The summed E-state index contributed by atoms with van der Waals surface area (Å²) < 4.78 is 23.1. The Morgan fingerprint density at radius 1 is 1.35 bits per heavy atom. The van der Waals surface area contributed by atoms with Crippen LogP contribution in [0.5, 0.6) is 5.75 Å². The van der Waals surface area contributed by atoms with Gasteiger partial charge in [0.25, 0.3) is 0 Å². The SMILES string of the molecule is COc1ccc(COC(=O)c2cc(F)cnc2Cl)cc1. The molecule has 20 heavy (non-hydrogen) atoms. The van der Waals surface area contributed by atoms with Crippen LogP contribution in [-0.4, -0.2) is 18.1 Å². The van der Waals surface area contributed by atoms with Crippen molar-refractivity contribution >= 4 is 17.6 Å². The van der Waals surface area contributed by atoms with Crippen LogP contribution >= 0.6 is 11.6 Å². The minimum absolute atomic E-state index is 0.0513. The van der Waals surface area contributed by atoms with Crippen molar-refractivity contribution in [3.63, 3.8) is 0 Å². The van der Waals surface area contributed by atoms with E-state index in [1.54, 1.807) is 31.4 Å². The van der Waals surface area contributed by atoms with Crippen LogP contribution in [0.25, 0.3) is 0 Å². The summed E-state index contributed by atoms with van der Waals surface area (Å²) in [4.78, 5) is 15.3. The Labute approximate surface area is 120 Å². The van der Waals surface area contributed by atoms with Gasteiger partial charge in [0.05, 0.1) is 18.9 Å². The zero-order valence-electron chi connectivity index (χ0n) is 10.6. The summed E-state index contributed by atoms with van der Waals surface area (Å²) in [5, 5.41) is -0.0915. The molecule has 0 saturated carbocycles. The number of esters is 1. The van der Waals surface area contributed by atoms with Gasteiger partial charge in [-0.3, -0.25) is 0 Å². The molecular formula is C14H11ClFNO3. The topological polar surface area (TPSA) is 48.4 Å². The first-order valence-electron chi connectivity index (χ1n) is 5.71. The monoisotopic (exact) mass is 295 g/mol. The maximum absolute atomic E-state index is 13.0. The molecule has 1 aromatic heterocycles. The summed E-state index contributed by atoms with van der Waals surface area (Å²) in [5.41, 5.74) is 0.680. The highest BCUT2D eigenvalue weighted by atomic mass is 35.5. The fourth-order valence-corrected chi connectivity index (χ4v) is 1.69. The minimum atomic E-state index is -0.724. The standard InChI is InChI=1S/C14H11ClFNO3/c1-19-11-4-2-9(3-5-11)8-20-14(18)12-6-10(16)7-17-13(12)15/h2-7H,8H2,1H3. The van der Waals surface area contributed by atoms with Crippen molar-refractivity contribution in [3.8, 4) is 5.75 Å². The molecule has 0 saturated heterocycles. The van der Waals surface area contributed by atoms with E-state index in [1.807, 2.05) is 0 Å². The third-order valence-corrected chi connectivity index (χ3v) is 2.86. The maximum Gasteiger partial charge on any atom is 0.341 e. The number of hydrogen-bond acceptors (Lipinski definition) is 4. The molecule has 6 heteroatoms. The molecule has 104 valence electrons. The van der Waals surface area contributed by atoms with Gasteiger partial charge in [-0.05, 0) is 23.8 Å². The van der Waals surface area contributed by atoms with Crippen LogP contribution in [0.15, 0.2) is 36.5 Å². The van der Waals surface area contributed by atoms with E-state index in [1.165, 1.54) is 0 Å². The molecule has 0 radical (unpaired) electrons. The number of pyridine rings is 1. The fraction of sp³-hybridized carbons (Fsp3) is 0.143. The van der Waals surface area contributed by atoms with E-state index >= 15 is 0 Å². The molecule has 1 heterocycles. The zero-order chi connectivity index (χ0) is 14.5. The van der Waals surface area contributed by atoms with E-state index in [-0.39, 0.29) is 17.3 Å². The Hall–Kier alpha value is -2.14. The van der Waals surface area contributed by atoms with Crippen molar-refractivity contribution in [1.29, 1.82) is 0 Å². The number of rotatable bonds is 4. The second kappa shape index (κ2) is 6.34. The first-order chi connectivity index (χ1) is 9.60. The van der Waals surface area contributed by atoms with E-state index < -0.39 is 11.8 Å². The van der Waals surface area contributed by atoms with Crippen molar-refractivity contribution < 1.29 is 18.7 Å². The van der Waals surface area contributed by atoms with Crippen LogP contribution in [0.3, 0.4) is 0 Å². The summed E-state index contributed by atoms with van der Waals surface area (Å²) in [6.07, 6.45) is 0.933. The van der Waals surface area contributed by atoms with Crippen molar-refractivity contribution in [2.45, 2.75) is 6.61 Å². The van der Waals surface area contributed by atoms with Crippen LogP contribution in [0.2, 0.25) is 5.15 Å². The summed E-state index contributed by atoms with van der Waals surface area (Å²) >= 11 is 5.72. The van der Waals surface area contributed by atoms with Crippen molar-refractivity contribution in [2.24, 2.45) is 0 Å². The zero-order valence-corrected chi connectivity index (χ0v) is 11.4. The van der Waals surface area contributed by atoms with Gasteiger partial charge in [0, 0.05) is 0 Å². The number of carbonyl (C=O) groups excluding carboxylic acids is 1.